The van der Waals surface area contributed by atoms with Crippen LogP contribution in [0, 0.1) is 5.92 Å². The number of hydrogen-bond acceptors (Lipinski definition) is 4. The van der Waals surface area contributed by atoms with Crippen LogP contribution in [0.4, 0.5) is 0 Å². The molecule has 0 radical (unpaired) electrons. The summed E-state index contributed by atoms with van der Waals surface area (Å²) in [5, 5.41) is 8.56. The molecule has 90 valence electrons. The Kier molecular flexibility index (Phi) is 5.82. The first kappa shape index (κ1) is 14.4. The predicted octanol–water partition coefficient (Wildman–Crippen LogP) is 0.547. The molecular formula is C9H18O5S. The standard InChI is InChI=1S/C9H18O5S/c1-7(2)14-4-5-15(12,13)6-8(3)9(10)11/h7-8H,4-6H2,1-3H3,(H,10,11). The highest BCUT2D eigenvalue weighted by Crippen LogP contribution is 2.03. The molecule has 0 saturated heterocycles. The van der Waals surface area contributed by atoms with E-state index < -0.39 is 21.7 Å². The lowest BCUT2D eigenvalue weighted by molar-refractivity contribution is -0.140. The van der Waals surface area contributed by atoms with Gasteiger partial charge in [-0.15, -0.1) is 0 Å². The van der Waals surface area contributed by atoms with Crippen molar-refractivity contribution < 1.29 is 23.1 Å². The Morgan fingerprint density at radius 2 is 1.87 bits per heavy atom. The summed E-state index contributed by atoms with van der Waals surface area (Å²) in [5.74, 6) is -2.41. The number of carboxylic acids is 1. The van der Waals surface area contributed by atoms with Gasteiger partial charge in [-0.1, -0.05) is 6.92 Å². The molecular weight excluding hydrogens is 220 g/mol. The largest absolute Gasteiger partial charge is 0.481 e. The first-order chi connectivity index (χ1) is 6.74. The van der Waals surface area contributed by atoms with Crippen molar-refractivity contribution in [3.05, 3.63) is 0 Å². The van der Waals surface area contributed by atoms with Crippen LogP contribution in [0.3, 0.4) is 0 Å². The molecule has 0 aromatic heterocycles. The molecule has 0 fully saturated rings. The average Bonchev–Trinajstić information content (AvgIpc) is 2.01. The zero-order valence-electron chi connectivity index (χ0n) is 9.26. The van der Waals surface area contributed by atoms with Crippen molar-refractivity contribution in [1.29, 1.82) is 0 Å². The van der Waals surface area contributed by atoms with Crippen LogP contribution in [0.15, 0.2) is 0 Å². The first-order valence-corrected chi connectivity index (χ1v) is 6.61. The lowest BCUT2D eigenvalue weighted by Crippen LogP contribution is -2.25. The van der Waals surface area contributed by atoms with Crippen LogP contribution < -0.4 is 0 Å². The van der Waals surface area contributed by atoms with E-state index in [9.17, 15) is 13.2 Å². The van der Waals surface area contributed by atoms with Crippen molar-refractivity contribution in [2.75, 3.05) is 18.1 Å². The van der Waals surface area contributed by atoms with Gasteiger partial charge in [-0.2, -0.15) is 0 Å². The van der Waals surface area contributed by atoms with E-state index in [4.69, 9.17) is 9.84 Å². The zero-order valence-corrected chi connectivity index (χ0v) is 10.1. The molecule has 0 saturated carbocycles. The minimum atomic E-state index is -3.33. The summed E-state index contributed by atoms with van der Waals surface area (Å²) in [5.41, 5.74) is 0. The first-order valence-electron chi connectivity index (χ1n) is 4.79. The monoisotopic (exact) mass is 238 g/mol. The topological polar surface area (TPSA) is 80.7 Å². The zero-order chi connectivity index (χ0) is 12.1. The number of aliphatic carboxylic acids is 1. The molecule has 0 aromatic carbocycles. The van der Waals surface area contributed by atoms with E-state index in [1.165, 1.54) is 6.92 Å². The minimum absolute atomic E-state index is 0.0166. The molecule has 1 N–H and O–H groups in total. The summed E-state index contributed by atoms with van der Waals surface area (Å²) in [7, 11) is -3.33. The van der Waals surface area contributed by atoms with Crippen LogP contribution in [-0.2, 0) is 19.4 Å². The van der Waals surface area contributed by atoms with Crippen molar-refractivity contribution in [1.82, 2.24) is 0 Å². The second-order valence-electron chi connectivity index (χ2n) is 3.77. The molecule has 0 spiro atoms. The third-order valence-corrected chi connectivity index (χ3v) is 3.57. The molecule has 0 aliphatic rings. The number of rotatable bonds is 7. The van der Waals surface area contributed by atoms with Crippen molar-refractivity contribution in [3.8, 4) is 0 Å². The van der Waals surface area contributed by atoms with Gasteiger partial charge in [-0.05, 0) is 13.8 Å². The smallest absolute Gasteiger partial charge is 0.307 e. The van der Waals surface area contributed by atoms with E-state index in [1.54, 1.807) is 0 Å². The summed E-state index contributed by atoms with van der Waals surface area (Å²) < 4.78 is 27.9. The van der Waals surface area contributed by atoms with Crippen LogP contribution in [0.5, 0.6) is 0 Å². The van der Waals surface area contributed by atoms with E-state index in [-0.39, 0.29) is 24.2 Å². The summed E-state index contributed by atoms with van der Waals surface area (Å²) in [6.45, 7) is 5.12. The van der Waals surface area contributed by atoms with Crippen LogP contribution in [-0.4, -0.2) is 43.7 Å². The Morgan fingerprint density at radius 1 is 1.33 bits per heavy atom. The molecule has 0 aliphatic heterocycles. The van der Waals surface area contributed by atoms with E-state index in [1.807, 2.05) is 13.8 Å². The highest BCUT2D eigenvalue weighted by molar-refractivity contribution is 7.91. The normalized spacial score (nSPS) is 14.1. The van der Waals surface area contributed by atoms with E-state index in [2.05, 4.69) is 0 Å². The van der Waals surface area contributed by atoms with Crippen molar-refractivity contribution >= 4 is 15.8 Å². The Bertz CT molecular complexity index is 294. The SMILES string of the molecule is CC(C)OCCS(=O)(=O)CC(C)C(=O)O. The van der Waals surface area contributed by atoms with Crippen LogP contribution in [0.2, 0.25) is 0 Å². The van der Waals surface area contributed by atoms with Crippen molar-refractivity contribution in [2.45, 2.75) is 26.9 Å². The summed E-state index contributed by atoms with van der Waals surface area (Å²) in [6, 6.07) is 0. The van der Waals surface area contributed by atoms with Gasteiger partial charge < -0.3 is 9.84 Å². The summed E-state index contributed by atoms with van der Waals surface area (Å²) in [4.78, 5) is 10.5. The average molecular weight is 238 g/mol. The Balaban J connectivity index is 4.03. The van der Waals surface area contributed by atoms with Crippen molar-refractivity contribution in [2.24, 2.45) is 5.92 Å². The Labute approximate surface area is 90.4 Å². The van der Waals surface area contributed by atoms with Gasteiger partial charge in [0.25, 0.3) is 0 Å². The molecule has 0 amide bonds. The maximum absolute atomic E-state index is 11.4. The number of ether oxygens (including phenoxy) is 1. The molecule has 1 atom stereocenters. The number of carbonyl (C=O) groups is 1. The third kappa shape index (κ3) is 7.33. The van der Waals surface area contributed by atoms with Crippen LogP contribution in [0.25, 0.3) is 0 Å². The van der Waals surface area contributed by atoms with E-state index in [0.717, 1.165) is 0 Å². The van der Waals surface area contributed by atoms with Gasteiger partial charge in [0, 0.05) is 0 Å². The second-order valence-corrected chi connectivity index (χ2v) is 6.00. The maximum Gasteiger partial charge on any atom is 0.307 e. The van der Waals surface area contributed by atoms with Gasteiger partial charge >= 0.3 is 5.97 Å². The number of sulfone groups is 1. The van der Waals surface area contributed by atoms with Gasteiger partial charge in [0.2, 0.25) is 0 Å². The summed E-state index contributed by atoms with van der Waals surface area (Å²) in [6.07, 6.45) is -0.0166. The fourth-order valence-corrected chi connectivity index (χ4v) is 2.37. The van der Waals surface area contributed by atoms with Gasteiger partial charge in [-0.3, -0.25) is 4.79 Å². The molecule has 1 unspecified atom stereocenters. The Morgan fingerprint density at radius 3 is 2.27 bits per heavy atom. The van der Waals surface area contributed by atoms with E-state index >= 15 is 0 Å². The molecule has 0 rings (SSSR count). The van der Waals surface area contributed by atoms with E-state index in [0.29, 0.717) is 0 Å². The number of hydrogen-bond donors (Lipinski definition) is 1. The number of carboxylic acid groups (broad SMARTS) is 1. The lowest BCUT2D eigenvalue weighted by atomic mass is 10.2. The fourth-order valence-electron chi connectivity index (χ4n) is 0.946. The molecule has 15 heavy (non-hydrogen) atoms. The summed E-state index contributed by atoms with van der Waals surface area (Å²) >= 11 is 0. The van der Waals surface area contributed by atoms with Gasteiger partial charge in [0.15, 0.2) is 9.84 Å². The lowest BCUT2D eigenvalue weighted by Gasteiger charge is -2.09. The molecule has 0 aliphatic carbocycles. The van der Waals surface area contributed by atoms with Gasteiger partial charge in [-0.25, -0.2) is 8.42 Å². The quantitative estimate of drug-likeness (QED) is 0.700. The molecule has 0 aromatic rings. The van der Waals surface area contributed by atoms with Crippen LogP contribution in [0.1, 0.15) is 20.8 Å². The van der Waals surface area contributed by atoms with Gasteiger partial charge in [0.05, 0.1) is 30.1 Å². The molecule has 5 nitrogen and oxygen atoms in total. The minimum Gasteiger partial charge on any atom is -0.481 e. The molecule has 0 bridgehead atoms. The van der Waals surface area contributed by atoms with Crippen LogP contribution >= 0.6 is 0 Å². The highest BCUT2D eigenvalue weighted by Gasteiger charge is 2.20. The molecule has 0 heterocycles. The Hall–Kier alpha value is -0.620. The predicted molar refractivity (Wildman–Crippen MR) is 56.5 cm³/mol. The molecule has 6 heteroatoms. The highest BCUT2D eigenvalue weighted by atomic mass is 32.2. The third-order valence-electron chi connectivity index (χ3n) is 1.77. The van der Waals surface area contributed by atoms with Gasteiger partial charge in [0.1, 0.15) is 0 Å². The van der Waals surface area contributed by atoms with Crippen molar-refractivity contribution in [3.63, 3.8) is 0 Å². The second kappa shape index (κ2) is 6.07. The maximum atomic E-state index is 11.4. The fraction of sp³-hybridized carbons (Fsp3) is 0.889.